The molecule has 1 aliphatic heterocycles. The van der Waals surface area contributed by atoms with Crippen LogP contribution in [0.2, 0.25) is 0 Å². The Morgan fingerprint density at radius 3 is 3.00 bits per heavy atom. The molecule has 1 unspecified atom stereocenters. The number of carbonyl (C=O) groups is 1. The molecular weight excluding hydrogens is 352 g/mol. The van der Waals surface area contributed by atoms with Gasteiger partial charge in [-0.25, -0.2) is 4.98 Å². The van der Waals surface area contributed by atoms with E-state index in [1.54, 1.807) is 7.11 Å². The quantitative estimate of drug-likeness (QED) is 0.748. The Morgan fingerprint density at radius 1 is 1.38 bits per heavy atom. The average Bonchev–Trinajstić information content (AvgIpc) is 3.06. The van der Waals surface area contributed by atoms with Crippen molar-refractivity contribution in [2.45, 2.75) is 25.7 Å². The molecule has 1 aromatic carbocycles. The standard InChI is InChI=1S/C19H24N2O4S/c1-13-17(26-19(20-13)14-6-5-9-24-12-14)18(22)21-15-7-3-4-8-16(15)25-11-10-23-2/h3-4,7-8,14H,5-6,9-12H2,1-2H3,(H,21,22). The topological polar surface area (TPSA) is 69.7 Å². The SMILES string of the molecule is COCCOc1ccccc1NC(=O)c1sc(C2CCCOC2)nc1C. The number of thiazole rings is 1. The van der Waals surface area contributed by atoms with Crippen LogP contribution in [0.15, 0.2) is 24.3 Å². The maximum Gasteiger partial charge on any atom is 0.267 e. The number of para-hydroxylation sites is 2. The van der Waals surface area contributed by atoms with Crippen LogP contribution >= 0.6 is 11.3 Å². The third kappa shape index (κ3) is 4.60. The first-order chi connectivity index (χ1) is 12.7. The van der Waals surface area contributed by atoms with E-state index in [-0.39, 0.29) is 5.91 Å². The fourth-order valence-corrected chi connectivity index (χ4v) is 3.93. The second-order valence-corrected chi connectivity index (χ2v) is 7.20. The van der Waals surface area contributed by atoms with Crippen molar-refractivity contribution in [3.63, 3.8) is 0 Å². The van der Waals surface area contributed by atoms with Crippen LogP contribution in [-0.4, -0.2) is 44.4 Å². The molecule has 0 radical (unpaired) electrons. The van der Waals surface area contributed by atoms with Gasteiger partial charge >= 0.3 is 0 Å². The van der Waals surface area contributed by atoms with Gasteiger partial charge in [0.05, 0.1) is 29.6 Å². The van der Waals surface area contributed by atoms with Crippen LogP contribution in [0, 0.1) is 6.92 Å². The Hall–Kier alpha value is -1.96. The molecule has 6 nitrogen and oxygen atoms in total. The minimum Gasteiger partial charge on any atom is -0.489 e. The van der Waals surface area contributed by atoms with Gasteiger partial charge in [-0.1, -0.05) is 12.1 Å². The van der Waals surface area contributed by atoms with Gasteiger partial charge in [0.25, 0.3) is 5.91 Å². The van der Waals surface area contributed by atoms with Gasteiger partial charge in [-0.2, -0.15) is 0 Å². The van der Waals surface area contributed by atoms with E-state index >= 15 is 0 Å². The van der Waals surface area contributed by atoms with Crippen molar-refractivity contribution in [3.05, 3.63) is 39.8 Å². The predicted octanol–water partition coefficient (Wildman–Crippen LogP) is 3.62. The van der Waals surface area contributed by atoms with E-state index in [1.807, 2.05) is 31.2 Å². The second kappa shape index (κ2) is 9.12. The van der Waals surface area contributed by atoms with Crippen molar-refractivity contribution in [1.29, 1.82) is 0 Å². The highest BCUT2D eigenvalue weighted by Gasteiger charge is 2.23. The molecule has 1 aromatic heterocycles. The van der Waals surface area contributed by atoms with Crippen LogP contribution in [0.1, 0.15) is 39.1 Å². The summed E-state index contributed by atoms with van der Waals surface area (Å²) >= 11 is 1.46. The number of hydrogen-bond acceptors (Lipinski definition) is 6. The number of amides is 1. The third-order valence-electron chi connectivity index (χ3n) is 4.21. The van der Waals surface area contributed by atoms with Crippen LogP contribution in [0.25, 0.3) is 0 Å². The Labute approximate surface area is 157 Å². The van der Waals surface area contributed by atoms with E-state index in [2.05, 4.69) is 10.3 Å². The lowest BCUT2D eigenvalue weighted by molar-refractivity contribution is 0.0803. The number of nitrogens with zero attached hydrogens (tertiary/aromatic N) is 1. The molecule has 0 saturated carbocycles. The largest absolute Gasteiger partial charge is 0.489 e. The summed E-state index contributed by atoms with van der Waals surface area (Å²) in [6.07, 6.45) is 2.10. The maximum atomic E-state index is 12.8. The smallest absolute Gasteiger partial charge is 0.267 e. The molecule has 1 amide bonds. The van der Waals surface area contributed by atoms with Crippen molar-refractivity contribution >= 4 is 22.9 Å². The summed E-state index contributed by atoms with van der Waals surface area (Å²) in [7, 11) is 1.62. The highest BCUT2D eigenvalue weighted by molar-refractivity contribution is 7.14. The fourth-order valence-electron chi connectivity index (χ4n) is 2.85. The minimum atomic E-state index is -0.161. The molecule has 0 bridgehead atoms. The zero-order chi connectivity index (χ0) is 18.4. The van der Waals surface area contributed by atoms with E-state index in [4.69, 9.17) is 14.2 Å². The Balaban J connectivity index is 1.71. The molecular formula is C19H24N2O4S. The van der Waals surface area contributed by atoms with Crippen LogP contribution in [-0.2, 0) is 9.47 Å². The molecule has 3 rings (SSSR count). The highest BCUT2D eigenvalue weighted by atomic mass is 32.1. The monoisotopic (exact) mass is 376 g/mol. The van der Waals surface area contributed by atoms with Gasteiger partial charge in [0.2, 0.25) is 0 Å². The first-order valence-electron chi connectivity index (χ1n) is 8.76. The molecule has 0 aliphatic carbocycles. The van der Waals surface area contributed by atoms with E-state index in [1.165, 1.54) is 11.3 Å². The first kappa shape index (κ1) is 18.8. The van der Waals surface area contributed by atoms with Gasteiger partial charge in [0.15, 0.2) is 0 Å². The number of nitrogens with one attached hydrogen (secondary N) is 1. The molecule has 1 saturated heterocycles. The van der Waals surface area contributed by atoms with Gasteiger partial charge in [-0.15, -0.1) is 11.3 Å². The van der Waals surface area contributed by atoms with Crippen LogP contribution in [0.4, 0.5) is 5.69 Å². The molecule has 1 atom stereocenters. The predicted molar refractivity (Wildman–Crippen MR) is 101 cm³/mol. The van der Waals surface area contributed by atoms with Crippen molar-refractivity contribution in [2.75, 3.05) is 38.9 Å². The Kier molecular flexibility index (Phi) is 6.60. The first-order valence-corrected chi connectivity index (χ1v) is 9.58. The number of anilines is 1. The molecule has 1 N–H and O–H groups in total. The van der Waals surface area contributed by atoms with E-state index < -0.39 is 0 Å². The number of carbonyl (C=O) groups excluding carboxylic acids is 1. The number of methoxy groups -OCH3 is 1. The lowest BCUT2D eigenvalue weighted by Crippen LogP contribution is -2.15. The summed E-state index contributed by atoms with van der Waals surface area (Å²) in [4.78, 5) is 18.0. The normalized spacial score (nSPS) is 17.1. The van der Waals surface area contributed by atoms with E-state index in [0.29, 0.717) is 42.1 Å². The van der Waals surface area contributed by atoms with Gasteiger partial charge in [0.1, 0.15) is 17.2 Å². The van der Waals surface area contributed by atoms with Gasteiger partial charge in [0, 0.05) is 19.6 Å². The molecule has 1 fully saturated rings. The lowest BCUT2D eigenvalue weighted by Gasteiger charge is -2.19. The number of benzene rings is 1. The lowest BCUT2D eigenvalue weighted by atomic mass is 10.0. The number of rotatable bonds is 7. The zero-order valence-corrected chi connectivity index (χ0v) is 15.9. The average molecular weight is 376 g/mol. The summed E-state index contributed by atoms with van der Waals surface area (Å²) < 4.78 is 16.2. The highest BCUT2D eigenvalue weighted by Crippen LogP contribution is 2.32. The van der Waals surface area contributed by atoms with Crippen molar-refractivity contribution in [2.24, 2.45) is 0 Å². The molecule has 1 aliphatic rings. The molecule has 2 heterocycles. The maximum absolute atomic E-state index is 12.8. The number of hydrogen-bond donors (Lipinski definition) is 1. The number of ether oxygens (including phenoxy) is 3. The molecule has 26 heavy (non-hydrogen) atoms. The summed E-state index contributed by atoms with van der Waals surface area (Å²) in [5.74, 6) is 0.755. The van der Waals surface area contributed by atoms with Gasteiger partial charge in [-0.3, -0.25) is 4.79 Å². The summed E-state index contributed by atoms with van der Waals surface area (Å²) in [5, 5.41) is 3.93. The minimum absolute atomic E-state index is 0.161. The van der Waals surface area contributed by atoms with Crippen LogP contribution in [0.5, 0.6) is 5.75 Å². The molecule has 2 aromatic rings. The van der Waals surface area contributed by atoms with Crippen LogP contribution < -0.4 is 10.1 Å². The molecule has 7 heteroatoms. The second-order valence-electron chi connectivity index (χ2n) is 6.17. The van der Waals surface area contributed by atoms with Gasteiger partial charge in [-0.05, 0) is 31.9 Å². The Morgan fingerprint density at radius 2 is 2.23 bits per heavy atom. The summed E-state index contributed by atoms with van der Waals surface area (Å²) in [5.41, 5.74) is 1.40. The van der Waals surface area contributed by atoms with Crippen molar-refractivity contribution < 1.29 is 19.0 Å². The van der Waals surface area contributed by atoms with Gasteiger partial charge < -0.3 is 19.5 Å². The van der Waals surface area contributed by atoms with Crippen molar-refractivity contribution in [3.8, 4) is 5.75 Å². The van der Waals surface area contributed by atoms with E-state index in [9.17, 15) is 4.79 Å². The number of aromatic nitrogens is 1. The summed E-state index contributed by atoms with van der Waals surface area (Å²) in [6, 6.07) is 7.39. The van der Waals surface area contributed by atoms with E-state index in [0.717, 1.165) is 30.2 Å². The Bertz CT molecular complexity index is 741. The number of aryl methyl sites for hydroxylation is 1. The molecule has 0 spiro atoms. The third-order valence-corrected chi connectivity index (χ3v) is 5.53. The van der Waals surface area contributed by atoms with Crippen molar-refractivity contribution in [1.82, 2.24) is 4.98 Å². The molecule has 140 valence electrons. The zero-order valence-electron chi connectivity index (χ0n) is 15.1. The fraction of sp³-hybridized carbons (Fsp3) is 0.474. The summed E-state index contributed by atoms with van der Waals surface area (Å²) in [6.45, 7) is 4.29. The van der Waals surface area contributed by atoms with Crippen LogP contribution in [0.3, 0.4) is 0 Å².